The van der Waals surface area contributed by atoms with Gasteiger partial charge in [0, 0.05) is 35.1 Å². The number of esters is 1. The highest BCUT2D eigenvalue weighted by Crippen LogP contribution is 2.32. The molecule has 8 heteroatoms. The predicted octanol–water partition coefficient (Wildman–Crippen LogP) is 3.66. The van der Waals surface area contributed by atoms with E-state index in [9.17, 15) is 14.4 Å². The average molecular weight is 434 g/mol. The molecule has 1 fully saturated rings. The molecule has 0 aliphatic carbocycles. The van der Waals surface area contributed by atoms with Crippen molar-refractivity contribution in [2.45, 2.75) is 18.9 Å². The molecule has 0 N–H and O–H groups in total. The summed E-state index contributed by atoms with van der Waals surface area (Å²) in [6.45, 7) is 0.524. The summed E-state index contributed by atoms with van der Waals surface area (Å²) >= 11 is 0. The smallest absolute Gasteiger partial charge is 0.344 e. The zero-order chi connectivity index (χ0) is 22.2. The lowest BCUT2D eigenvalue weighted by molar-refractivity contribution is -0.144. The third-order valence-electron chi connectivity index (χ3n) is 5.36. The summed E-state index contributed by atoms with van der Waals surface area (Å²) < 4.78 is 26.8. The number of carbonyl (C=O) groups excluding carboxylic acids is 1. The zero-order valence-electron chi connectivity index (χ0n) is 17.1. The lowest BCUT2D eigenvalue weighted by atomic mass is 10.0. The molecule has 5 rings (SSSR count). The van der Waals surface area contributed by atoms with E-state index < -0.39 is 23.3 Å². The van der Waals surface area contributed by atoms with E-state index in [2.05, 4.69) is 0 Å². The molecule has 0 amide bonds. The predicted molar refractivity (Wildman–Crippen MR) is 115 cm³/mol. The van der Waals surface area contributed by atoms with Crippen LogP contribution in [0.5, 0.6) is 11.5 Å². The monoisotopic (exact) mass is 434 g/mol. The molecule has 1 saturated heterocycles. The van der Waals surface area contributed by atoms with Crippen molar-refractivity contribution < 1.29 is 27.8 Å². The lowest BCUT2D eigenvalue weighted by Crippen LogP contribution is -2.24. The van der Waals surface area contributed by atoms with Gasteiger partial charge in [-0.05, 0) is 37.1 Å². The molecule has 1 aliphatic heterocycles. The standard InChI is InChI=1S/C24H18O8/c1-28-18-5-2-4-13-10-17(23(26)32-22(13)18)16-12-21(25)31-20-11-14(7-8-15(16)20)30-24(27)19-6-3-9-29-19/h2,4-5,7-8,10-12,19H,3,6,9H2,1H3. The number of hydrogen-bond donors (Lipinski definition) is 0. The number of methoxy groups -OCH3 is 1. The van der Waals surface area contributed by atoms with Gasteiger partial charge in [-0.1, -0.05) is 12.1 Å². The van der Waals surface area contributed by atoms with Gasteiger partial charge in [0.25, 0.3) is 0 Å². The molecule has 1 aliphatic rings. The summed E-state index contributed by atoms with van der Waals surface area (Å²) in [6.07, 6.45) is 0.813. The Bertz CT molecular complexity index is 1460. The van der Waals surface area contributed by atoms with Crippen molar-refractivity contribution in [3.8, 4) is 22.6 Å². The quantitative estimate of drug-likeness (QED) is 0.272. The second-order valence-corrected chi connectivity index (χ2v) is 7.39. The fraction of sp³-hybridized carbons (Fsp3) is 0.208. The van der Waals surface area contributed by atoms with E-state index in [1.54, 1.807) is 36.4 Å². The molecule has 2 aromatic carbocycles. The van der Waals surface area contributed by atoms with E-state index in [1.807, 2.05) is 0 Å². The number of carbonyl (C=O) groups is 1. The van der Waals surface area contributed by atoms with Crippen LogP contribution in [0.2, 0.25) is 0 Å². The second kappa shape index (κ2) is 7.97. The minimum Gasteiger partial charge on any atom is -0.493 e. The number of ether oxygens (including phenoxy) is 3. The maximum Gasteiger partial charge on any atom is 0.344 e. The number of para-hydroxylation sites is 1. The van der Waals surface area contributed by atoms with Crippen molar-refractivity contribution in [1.29, 1.82) is 0 Å². The van der Waals surface area contributed by atoms with Crippen molar-refractivity contribution in [2.75, 3.05) is 13.7 Å². The summed E-state index contributed by atoms with van der Waals surface area (Å²) in [4.78, 5) is 37.3. The molecule has 4 aromatic rings. The molecule has 0 saturated carbocycles. The van der Waals surface area contributed by atoms with Gasteiger partial charge >= 0.3 is 17.2 Å². The van der Waals surface area contributed by atoms with Crippen LogP contribution in [0.25, 0.3) is 33.1 Å². The van der Waals surface area contributed by atoms with Crippen molar-refractivity contribution >= 4 is 27.9 Å². The largest absolute Gasteiger partial charge is 0.493 e. The van der Waals surface area contributed by atoms with E-state index in [4.69, 9.17) is 23.0 Å². The molecule has 2 aromatic heterocycles. The van der Waals surface area contributed by atoms with Crippen molar-refractivity contribution in [1.82, 2.24) is 0 Å². The van der Waals surface area contributed by atoms with Gasteiger partial charge in [0.1, 0.15) is 11.3 Å². The van der Waals surface area contributed by atoms with Gasteiger partial charge in [-0.3, -0.25) is 0 Å². The first-order valence-corrected chi connectivity index (χ1v) is 10.1. The molecule has 0 bridgehead atoms. The molecule has 8 nitrogen and oxygen atoms in total. The minimum absolute atomic E-state index is 0.176. The van der Waals surface area contributed by atoms with Crippen LogP contribution in [0.4, 0.5) is 0 Å². The molecular formula is C24H18O8. The molecule has 162 valence electrons. The summed E-state index contributed by atoms with van der Waals surface area (Å²) in [5.74, 6) is 0.152. The molecule has 3 heterocycles. The van der Waals surface area contributed by atoms with Gasteiger partial charge in [0.05, 0.1) is 12.7 Å². The highest BCUT2D eigenvalue weighted by molar-refractivity contribution is 5.96. The number of hydrogen-bond acceptors (Lipinski definition) is 8. The fourth-order valence-corrected chi connectivity index (χ4v) is 3.84. The minimum atomic E-state index is -0.653. The molecule has 1 atom stereocenters. The Morgan fingerprint density at radius 2 is 1.91 bits per heavy atom. The van der Waals surface area contributed by atoms with Crippen molar-refractivity contribution in [3.05, 3.63) is 69.4 Å². The van der Waals surface area contributed by atoms with Gasteiger partial charge < -0.3 is 23.0 Å². The summed E-state index contributed by atoms with van der Waals surface area (Å²) in [7, 11) is 1.49. The highest BCUT2D eigenvalue weighted by atomic mass is 16.6. The fourth-order valence-electron chi connectivity index (χ4n) is 3.84. The number of fused-ring (bicyclic) bond motifs is 2. The van der Waals surface area contributed by atoms with Crippen LogP contribution in [-0.2, 0) is 9.53 Å². The number of rotatable bonds is 4. The van der Waals surface area contributed by atoms with Gasteiger partial charge in [-0.25, -0.2) is 14.4 Å². The maximum absolute atomic E-state index is 12.8. The Morgan fingerprint density at radius 1 is 1.03 bits per heavy atom. The van der Waals surface area contributed by atoms with Gasteiger partial charge in [-0.2, -0.15) is 0 Å². The lowest BCUT2D eigenvalue weighted by Gasteiger charge is -2.11. The van der Waals surface area contributed by atoms with E-state index >= 15 is 0 Å². The summed E-state index contributed by atoms with van der Waals surface area (Å²) in [6, 6.07) is 12.8. The zero-order valence-corrected chi connectivity index (χ0v) is 17.1. The molecule has 32 heavy (non-hydrogen) atoms. The van der Waals surface area contributed by atoms with Crippen molar-refractivity contribution in [2.24, 2.45) is 0 Å². The van der Waals surface area contributed by atoms with Crippen LogP contribution in [0.15, 0.2) is 67.0 Å². The topological polar surface area (TPSA) is 105 Å². The summed E-state index contributed by atoms with van der Waals surface area (Å²) in [5, 5.41) is 1.14. The molecular weight excluding hydrogens is 416 g/mol. The van der Waals surface area contributed by atoms with Gasteiger partial charge in [0.15, 0.2) is 17.4 Å². The normalized spacial score (nSPS) is 15.8. The molecule has 0 radical (unpaired) electrons. The van der Waals surface area contributed by atoms with E-state index in [-0.39, 0.29) is 16.9 Å². The Kier molecular flexibility index (Phi) is 4.99. The van der Waals surface area contributed by atoms with Crippen LogP contribution in [0, 0.1) is 0 Å². The first-order chi connectivity index (χ1) is 15.5. The highest BCUT2D eigenvalue weighted by Gasteiger charge is 2.26. The Hall–Kier alpha value is -3.91. The van der Waals surface area contributed by atoms with Crippen LogP contribution in [0.1, 0.15) is 12.8 Å². The van der Waals surface area contributed by atoms with E-state index in [0.29, 0.717) is 40.7 Å². The summed E-state index contributed by atoms with van der Waals surface area (Å²) in [5.41, 5.74) is -0.225. The Morgan fingerprint density at radius 3 is 2.69 bits per heavy atom. The molecule has 0 spiro atoms. The van der Waals surface area contributed by atoms with Crippen molar-refractivity contribution in [3.63, 3.8) is 0 Å². The molecule has 1 unspecified atom stereocenters. The van der Waals surface area contributed by atoms with E-state index in [0.717, 1.165) is 6.42 Å². The van der Waals surface area contributed by atoms with Crippen LogP contribution >= 0.6 is 0 Å². The SMILES string of the molecule is COc1cccc2cc(-c3cc(=O)oc4cc(OC(=O)C5CCCO5)ccc34)c(=O)oc12. The first-order valence-electron chi connectivity index (χ1n) is 10.1. The van der Waals surface area contributed by atoms with E-state index in [1.165, 1.54) is 19.2 Å². The maximum atomic E-state index is 12.8. The third kappa shape index (κ3) is 3.54. The third-order valence-corrected chi connectivity index (χ3v) is 5.36. The Labute approximate surface area is 180 Å². The van der Waals surface area contributed by atoms with Crippen LogP contribution < -0.4 is 20.7 Å². The average Bonchev–Trinajstić information content (AvgIpc) is 3.33. The number of benzene rings is 2. The van der Waals surface area contributed by atoms with Gasteiger partial charge in [-0.15, -0.1) is 0 Å². The van der Waals surface area contributed by atoms with Crippen LogP contribution in [-0.4, -0.2) is 25.8 Å². The Balaban J connectivity index is 1.60. The van der Waals surface area contributed by atoms with Gasteiger partial charge in [0.2, 0.25) is 0 Å². The first kappa shape index (κ1) is 20.0. The second-order valence-electron chi connectivity index (χ2n) is 7.39. The van der Waals surface area contributed by atoms with Crippen LogP contribution in [0.3, 0.4) is 0 Å².